The SMILES string of the molecule is Cc1nc2nc(C)c(O[C@@H]3CCN(c4cnc(C56CC(CN7CC(C)C7)(C5)C6)nc4)C3)c(C)n2n1. The maximum Gasteiger partial charge on any atom is 0.253 e. The van der Waals surface area contributed by atoms with E-state index in [1.807, 2.05) is 33.2 Å². The van der Waals surface area contributed by atoms with Gasteiger partial charge in [-0.1, -0.05) is 6.92 Å². The number of hydrogen-bond donors (Lipinski definition) is 0. The molecule has 2 saturated heterocycles. The van der Waals surface area contributed by atoms with Gasteiger partial charge >= 0.3 is 0 Å². The molecule has 1 atom stereocenters. The van der Waals surface area contributed by atoms with Crippen LogP contribution in [0.1, 0.15) is 55.6 Å². The van der Waals surface area contributed by atoms with Gasteiger partial charge in [0.05, 0.1) is 36.0 Å². The number of aryl methyl sites for hydroxylation is 3. The number of nitrogens with zero attached hydrogens (tertiary/aromatic N) is 8. The van der Waals surface area contributed by atoms with Crippen molar-refractivity contribution in [2.24, 2.45) is 11.3 Å². The molecule has 2 bridgehead atoms. The molecule has 3 aromatic rings. The van der Waals surface area contributed by atoms with E-state index in [0.717, 1.165) is 54.1 Å². The summed E-state index contributed by atoms with van der Waals surface area (Å²) in [6.45, 7) is 13.8. The predicted molar refractivity (Wildman–Crippen MR) is 132 cm³/mol. The molecule has 8 rings (SSSR count). The summed E-state index contributed by atoms with van der Waals surface area (Å²) in [6.07, 6.45) is 8.91. The third-order valence-electron chi connectivity index (χ3n) is 8.68. The smallest absolute Gasteiger partial charge is 0.253 e. The van der Waals surface area contributed by atoms with E-state index in [2.05, 4.69) is 31.8 Å². The fourth-order valence-corrected chi connectivity index (χ4v) is 7.25. The molecule has 3 aromatic heterocycles. The Kier molecular flexibility index (Phi) is 4.51. The van der Waals surface area contributed by atoms with Crippen molar-refractivity contribution in [2.45, 2.75) is 64.9 Å². The number of ether oxygens (including phenoxy) is 1. The Morgan fingerprint density at radius 1 is 1.03 bits per heavy atom. The monoisotopic (exact) mass is 474 g/mol. The zero-order chi connectivity index (χ0) is 23.9. The average molecular weight is 475 g/mol. The lowest BCUT2D eigenvalue weighted by atomic mass is 9.34. The van der Waals surface area contributed by atoms with Crippen LogP contribution in [-0.4, -0.2) is 73.3 Å². The Bertz CT molecular complexity index is 1280. The van der Waals surface area contributed by atoms with Gasteiger partial charge in [-0.15, -0.1) is 5.10 Å². The molecule has 3 saturated carbocycles. The summed E-state index contributed by atoms with van der Waals surface area (Å²) in [7, 11) is 0. The van der Waals surface area contributed by atoms with Crippen molar-refractivity contribution in [3.05, 3.63) is 35.4 Å². The molecule has 3 aliphatic carbocycles. The predicted octanol–water partition coefficient (Wildman–Crippen LogP) is 2.87. The lowest BCUT2D eigenvalue weighted by molar-refractivity contribution is -0.169. The quantitative estimate of drug-likeness (QED) is 0.539. The number of rotatable bonds is 6. The molecule has 5 fully saturated rings. The van der Waals surface area contributed by atoms with Crippen LogP contribution >= 0.6 is 0 Å². The van der Waals surface area contributed by atoms with Crippen LogP contribution < -0.4 is 9.64 Å². The van der Waals surface area contributed by atoms with Crippen molar-refractivity contribution in [1.82, 2.24) is 34.4 Å². The summed E-state index contributed by atoms with van der Waals surface area (Å²) in [4.78, 5) is 23.6. The van der Waals surface area contributed by atoms with Crippen LogP contribution in [0.4, 0.5) is 5.69 Å². The summed E-state index contributed by atoms with van der Waals surface area (Å²) in [5.74, 6) is 4.09. The number of hydrogen-bond acceptors (Lipinski definition) is 8. The molecule has 0 N–H and O–H groups in total. The van der Waals surface area contributed by atoms with E-state index in [9.17, 15) is 0 Å². The number of likely N-dealkylation sites (tertiary alicyclic amines) is 1. The van der Waals surface area contributed by atoms with Crippen molar-refractivity contribution in [3.8, 4) is 5.75 Å². The average Bonchev–Trinajstić information content (AvgIpc) is 3.37. The highest BCUT2D eigenvalue weighted by Crippen LogP contribution is 2.73. The van der Waals surface area contributed by atoms with E-state index in [1.54, 1.807) is 4.52 Å². The first-order valence-corrected chi connectivity index (χ1v) is 13.0. The second kappa shape index (κ2) is 7.35. The van der Waals surface area contributed by atoms with E-state index in [4.69, 9.17) is 14.7 Å². The first-order chi connectivity index (χ1) is 16.8. The van der Waals surface area contributed by atoms with Gasteiger partial charge in [-0.2, -0.15) is 9.50 Å². The van der Waals surface area contributed by atoms with Gasteiger partial charge in [0.1, 0.15) is 17.8 Å². The maximum atomic E-state index is 6.44. The number of anilines is 1. The fourth-order valence-electron chi connectivity index (χ4n) is 7.25. The number of fused-ring (bicyclic) bond motifs is 1. The Morgan fingerprint density at radius 3 is 2.49 bits per heavy atom. The van der Waals surface area contributed by atoms with Crippen LogP contribution in [-0.2, 0) is 5.41 Å². The highest BCUT2D eigenvalue weighted by molar-refractivity contribution is 5.46. The van der Waals surface area contributed by atoms with Crippen LogP contribution in [0.5, 0.6) is 5.75 Å². The molecular formula is C26H34N8O. The van der Waals surface area contributed by atoms with Gasteiger partial charge in [0.25, 0.3) is 5.78 Å². The van der Waals surface area contributed by atoms with Gasteiger partial charge in [-0.25, -0.2) is 15.0 Å². The summed E-state index contributed by atoms with van der Waals surface area (Å²) < 4.78 is 8.22. The van der Waals surface area contributed by atoms with Crippen molar-refractivity contribution in [1.29, 1.82) is 0 Å². The van der Waals surface area contributed by atoms with Gasteiger partial charge in [-0.05, 0) is 51.4 Å². The van der Waals surface area contributed by atoms with Crippen molar-refractivity contribution in [3.63, 3.8) is 0 Å². The van der Waals surface area contributed by atoms with Crippen LogP contribution in [0.3, 0.4) is 0 Å². The normalized spacial score (nSPS) is 30.3. The minimum atomic E-state index is 0.0950. The van der Waals surface area contributed by atoms with E-state index in [0.29, 0.717) is 17.0 Å². The third-order valence-corrected chi connectivity index (χ3v) is 8.68. The Morgan fingerprint density at radius 2 is 1.77 bits per heavy atom. The maximum absolute atomic E-state index is 6.44. The molecule has 0 radical (unpaired) electrons. The van der Waals surface area contributed by atoms with Gasteiger partial charge < -0.3 is 14.5 Å². The van der Waals surface area contributed by atoms with Crippen LogP contribution in [0, 0.1) is 32.1 Å². The molecule has 2 aliphatic heterocycles. The van der Waals surface area contributed by atoms with Crippen molar-refractivity contribution >= 4 is 11.5 Å². The molecule has 0 spiro atoms. The Hall–Kier alpha value is -2.81. The van der Waals surface area contributed by atoms with Gasteiger partial charge in [0, 0.05) is 38.0 Å². The van der Waals surface area contributed by atoms with E-state index in [-0.39, 0.29) is 11.5 Å². The van der Waals surface area contributed by atoms with Crippen LogP contribution in [0.2, 0.25) is 0 Å². The minimum Gasteiger partial charge on any atom is -0.485 e. The zero-order valence-corrected chi connectivity index (χ0v) is 21.2. The molecule has 5 aliphatic rings. The highest BCUT2D eigenvalue weighted by Gasteiger charge is 2.70. The molecule has 0 amide bonds. The largest absolute Gasteiger partial charge is 0.485 e. The molecule has 0 unspecified atom stereocenters. The lowest BCUT2D eigenvalue weighted by Crippen LogP contribution is -2.69. The summed E-state index contributed by atoms with van der Waals surface area (Å²) >= 11 is 0. The molecule has 9 nitrogen and oxygen atoms in total. The first kappa shape index (κ1) is 21.5. The van der Waals surface area contributed by atoms with Crippen molar-refractivity contribution in [2.75, 3.05) is 37.6 Å². The molecule has 184 valence electrons. The number of aromatic nitrogens is 6. The molecule has 35 heavy (non-hydrogen) atoms. The molecule has 9 heteroatoms. The summed E-state index contributed by atoms with van der Waals surface area (Å²) in [5.41, 5.74) is 3.70. The Balaban J connectivity index is 0.985. The van der Waals surface area contributed by atoms with Crippen LogP contribution in [0.15, 0.2) is 12.4 Å². The topological polar surface area (TPSA) is 84.6 Å². The third kappa shape index (κ3) is 3.34. The Labute approximate surface area is 205 Å². The van der Waals surface area contributed by atoms with E-state index < -0.39 is 0 Å². The van der Waals surface area contributed by atoms with Crippen LogP contribution in [0.25, 0.3) is 5.78 Å². The second-order valence-corrected chi connectivity index (χ2v) is 11.8. The second-order valence-electron chi connectivity index (χ2n) is 11.8. The molecular weight excluding hydrogens is 440 g/mol. The van der Waals surface area contributed by atoms with Gasteiger partial charge in [0.15, 0.2) is 5.75 Å². The van der Waals surface area contributed by atoms with Gasteiger partial charge in [0.2, 0.25) is 0 Å². The first-order valence-electron chi connectivity index (χ1n) is 13.0. The molecule has 5 heterocycles. The lowest BCUT2D eigenvalue weighted by Gasteiger charge is -2.71. The summed E-state index contributed by atoms with van der Waals surface area (Å²) in [5, 5.41) is 4.46. The standard InChI is InChI=1S/C26H34N8O/c1-16-9-32(10-16)15-25-12-26(13-25,14-25)23-27-7-20(8-28-23)33-6-5-21(11-33)35-22-17(2)29-24-30-19(4)31-34(24)18(22)3/h7-8,16,21H,5-6,9-15H2,1-4H3/t21-,25?,26?/m1/s1. The van der Waals surface area contributed by atoms with E-state index >= 15 is 0 Å². The highest BCUT2D eigenvalue weighted by atomic mass is 16.5. The minimum absolute atomic E-state index is 0.0950. The summed E-state index contributed by atoms with van der Waals surface area (Å²) in [6, 6.07) is 0. The van der Waals surface area contributed by atoms with Crippen molar-refractivity contribution < 1.29 is 4.74 Å². The van der Waals surface area contributed by atoms with Gasteiger partial charge in [-0.3, -0.25) is 0 Å². The zero-order valence-electron chi connectivity index (χ0n) is 21.2. The van der Waals surface area contributed by atoms with E-state index in [1.165, 1.54) is 38.9 Å². The fraction of sp³-hybridized carbons (Fsp3) is 0.654. The molecule has 0 aromatic carbocycles.